The van der Waals surface area contributed by atoms with Crippen LogP contribution < -0.4 is 4.89 Å². The number of unbranched alkanes of at least 4 members (excludes halogenated alkanes) is 25. The molecular weight excluding hydrogens is 701 g/mol. The average molecular weight is 792 g/mol. The van der Waals surface area contributed by atoms with E-state index in [9.17, 15) is 19.4 Å². The van der Waals surface area contributed by atoms with E-state index in [4.69, 9.17) is 18.5 Å². The van der Waals surface area contributed by atoms with E-state index in [0.29, 0.717) is 24.1 Å². The van der Waals surface area contributed by atoms with Crippen LogP contribution in [0.2, 0.25) is 0 Å². The van der Waals surface area contributed by atoms with Gasteiger partial charge in [-0.2, -0.15) is 0 Å². The van der Waals surface area contributed by atoms with Crippen molar-refractivity contribution in [3.05, 3.63) is 0 Å². The minimum absolute atomic E-state index is 0.0206. The summed E-state index contributed by atoms with van der Waals surface area (Å²) in [6, 6.07) is 0. The van der Waals surface area contributed by atoms with Crippen LogP contribution in [0.4, 0.5) is 0 Å². The molecule has 0 heterocycles. The van der Waals surface area contributed by atoms with E-state index in [-0.39, 0.29) is 31.9 Å². The van der Waals surface area contributed by atoms with Gasteiger partial charge in [0.15, 0.2) is 0 Å². The molecule has 0 spiro atoms. The van der Waals surface area contributed by atoms with E-state index in [1.165, 1.54) is 128 Å². The highest BCUT2D eigenvalue weighted by atomic mass is 31.2. The maximum absolute atomic E-state index is 12.7. The third-order valence-corrected chi connectivity index (χ3v) is 11.2. The molecule has 0 aromatic rings. The minimum atomic E-state index is -4.53. The van der Waals surface area contributed by atoms with Gasteiger partial charge in [-0.1, -0.05) is 181 Å². The van der Waals surface area contributed by atoms with E-state index < -0.39 is 13.9 Å². The first kappa shape index (κ1) is 53.5. The van der Waals surface area contributed by atoms with E-state index in [2.05, 4.69) is 13.8 Å². The number of carbonyl (C=O) groups excluding carboxylic acids is 1. The summed E-state index contributed by atoms with van der Waals surface area (Å²) in [6.45, 7) is 5.34. The molecule has 0 saturated carbocycles. The van der Waals surface area contributed by atoms with Crippen molar-refractivity contribution in [3.63, 3.8) is 0 Å². The Hall–Kier alpha value is -0.540. The van der Waals surface area contributed by atoms with Crippen LogP contribution in [0.15, 0.2) is 0 Å². The number of phosphoric acid groups is 1. The second-order valence-corrected chi connectivity index (χ2v) is 18.4. The first-order chi connectivity index (χ1) is 26.0. The third kappa shape index (κ3) is 41.1. The fraction of sp³-hybridized carbons (Fsp3) is 0.977. The Morgan fingerprint density at radius 2 is 0.981 bits per heavy atom. The number of aliphatic hydroxyl groups is 1. The molecule has 9 nitrogen and oxygen atoms in total. The quantitative estimate of drug-likeness (QED) is 0.0281. The Morgan fingerprint density at radius 1 is 0.574 bits per heavy atom. The van der Waals surface area contributed by atoms with Crippen LogP contribution in [0, 0.1) is 0 Å². The maximum Gasteiger partial charge on any atom is 0.306 e. The lowest BCUT2D eigenvalue weighted by Gasteiger charge is -2.28. The van der Waals surface area contributed by atoms with E-state index in [1.54, 1.807) is 0 Å². The number of rotatable bonds is 43. The number of phosphoric ester groups is 1. The molecule has 0 aromatic heterocycles. The van der Waals surface area contributed by atoms with Gasteiger partial charge in [0.25, 0.3) is 7.82 Å². The zero-order valence-corrected chi connectivity index (χ0v) is 37.2. The van der Waals surface area contributed by atoms with Crippen molar-refractivity contribution in [1.29, 1.82) is 0 Å². The van der Waals surface area contributed by atoms with Crippen LogP contribution in [-0.2, 0) is 27.9 Å². The van der Waals surface area contributed by atoms with Crippen molar-refractivity contribution in [3.8, 4) is 0 Å². The summed E-state index contributed by atoms with van der Waals surface area (Å²) in [7, 11) is 1.34. The van der Waals surface area contributed by atoms with Crippen molar-refractivity contribution in [2.45, 2.75) is 225 Å². The predicted octanol–water partition coefficient (Wildman–Crippen LogP) is 11.6. The highest BCUT2D eigenvalue weighted by Gasteiger charge is 2.20. The molecule has 324 valence electrons. The van der Waals surface area contributed by atoms with Crippen LogP contribution in [0.3, 0.4) is 0 Å². The van der Waals surface area contributed by atoms with E-state index in [0.717, 1.165) is 64.2 Å². The molecule has 0 amide bonds. The van der Waals surface area contributed by atoms with Crippen molar-refractivity contribution in [2.75, 3.05) is 54.1 Å². The van der Waals surface area contributed by atoms with Crippen molar-refractivity contribution in [1.82, 2.24) is 0 Å². The molecule has 10 heteroatoms. The van der Waals surface area contributed by atoms with Crippen LogP contribution >= 0.6 is 7.82 Å². The summed E-state index contributed by atoms with van der Waals surface area (Å²) in [6.07, 6.45) is 35.5. The predicted molar refractivity (Wildman–Crippen MR) is 224 cm³/mol. The molecular formula is C44H90NO8P. The fourth-order valence-electron chi connectivity index (χ4n) is 6.63. The Bertz CT molecular complexity index is 855. The average Bonchev–Trinajstić information content (AvgIpc) is 3.12. The summed E-state index contributed by atoms with van der Waals surface area (Å²) in [5.74, 6) is -0.352. The van der Waals surface area contributed by atoms with Crippen LogP contribution in [0.1, 0.15) is 213 Å². The second-order valence-electron chi connectivity index (χ2n) is 17.0. The molecule has 0 bridgehead atoms. The fourth-order valence-corrected chi connectivity index (χ4v) is 7.36. The van der Waals surface area contributed by atoms with Crippen LogP contribution in [0.5, 0.6) is 0 Å². The largest absolute Gasteiger partial charge is 0.756 e. The molecule has 0 rings (SSSR count). The molecule has 3 unspecified atom stereocenters. The lowest BCUT2D eigenvalue weighted by molar-refractivity contribution is -0.870. The van der Waals surface area contributed by atoms with Gasteiger partial charge in [-0.15, -0.1) is 0 Å². The highest BCUT2D eigenvalue weighted by molar-refractivity contribution is 7.45. The molecule has 3 atom stereocenters. The van der Waals surface area contributed by atoms with Gasteiger partial charge in [-0.05, 0) is 25.7 Å². The molecule has 0 aromatic carbocycles. The number of ether oxygens (including phenoxy) is 2. The number of esters is 1. The SMILES string of the molecule is CCCCCCCCCCCCCCCCCCOCC(COP(=O)([O-])OCC[N+](C)(C)C)OC(=O)CCCCCCCCCCC(O)CCCCCC. The van der Waals surface area contributed by atoms with E-state index >= 15 is 0 Å². The van der Waals surface area contributed by atoms with Crippen molar-refractivity contribution in [2.24, 2.45) is 0 Å². The number of likely N-dealkylation sites (N-methyl/N-ethyl adjacent to an activating group) is 1. The molecule has 0 radical (unpaired) electrons. The summed E-state index contributed by atoms with van der Waals surface area (Å²) in [5.41, 5.74) is 0. The first-order valence-corrected chi connectivity index (χ1v) is 24.3. The lowest BCUT2D eigenvalue weighted by Crippen LogP contribution is -2.37. The van der Waals surface area contributed by atoms with Gasteiger partial charge in [0.2, 0.25) is 0 Å². The first-order valence-electron chi connectivity index (χ1n) is 22.8. The zero-order chi connectivity index (χ0) is 40.0. The van der Waals surface area contributed by atoms with Gasteiger partial charge in [0.05, 0.1) is 40.5 Å². The lowest BCUT2D eigenvalue weighted by atomic mass is 10.0. The highest BCUT2D eigenvalue weighted by Crippen LogP contribution is 2.38. The van der Waals surface area contributed by atoms with Crippen molar-refractivity contribution >= 4 is 13.8 Å². The Balaban J connectivity index is 4.21. The summed E-state index contributed by atoms with van der Waals surface area (Å²) in [4.78, 5) is 25.1. The van der Waals surface area contributed by atoms with E-state index in [1.807, 2.05) is 21.1 Å². The molecule has 54 heavy (non-hydrogen) atoms. The summed E-state index contributed by atoms with van der Waals surface area (Å²) >= 11 is 0. The number of hydrogen-bond acceptors (Lipinski definition) is 8. The Morgan fingerprint density at radius 3 is 1.44 bits per heavy atom. The monoisotopic (exact) mass is 792 g/mol. The molecule has 0 aliphatic heterocycles. The number of nitrogens with zero attached hydrogens (tertiary/aromatic N) is 1. The minimum Gasteiger partial charge on any atom is -0.756 e. The van der Waals surface area contributed by atoms with Crippen LogP contribution in [-0.4, -0.2) is 81.9 Å². The van der Waals surface area contributed by atoms with Crippen molar-refractivity contribution < 1.29 is 42.4 Å². The number of quaternary nitrogens is 1. The molecule has 0 aliphatic carbocycles. The normalized spacial score (nSPS) is 14.3. The van der Waals surface area contributed by atoms with Gasteiger partial charge >= 0.3 is 5.97 Å². The van der Waals surface area contributed by atoms with Crippen LogP contribution in [0.25, 0.3) is 0 Å². The number of hydrogen-bond donors (Lipinski definition) is 1. The smallest absolute Gasteiger partial charge is 0.306 e. The molecule has 0 saturated heterocycles. The molecule has 0 aliphatic rings. The van der Waals surface area contributed by atoms with Gasteiger partial charge in [0, 0.05) is 13.0 Å². The van der Waals surface area contributed by atoms with Gasteiger partial charge in [-0.3, -0.25) is 9.36 Å². The second kappa shape index (κ2) is 38.0. The van der Waals surface area contributed by atoms with Gasteiger partial charge in [0.1, 0.15) is 19.3 Å². The zero-order valence-electron chi connectivity index (χ0n) is 36.3. The standard InChI is InChI=1S/C44H90NO8P/c1-6-8-10-12-13-14-15-16-17-18-19-20-23-26-29-33-38-50-40-43(41-52-54(48,49)51-39-37-45(3,4)5)53-44(47)36-32-28-25-22-21-24-27-31-35-42(46)34-30-11-9-7-2/h42-43,46H,6-41H2,1-5H3. The molecule has 1 N–H and O–H groups in total. The number of carbonyl (C=O) groups is 1. The summed E-state index contributed by atoms with van der Waals surface area (Å²) in [5, 5.41) is 10.1. The van der Waals surface area contributed by atoms with Gasteiger partial charge in [-0.25, -0.2) is 0 Å². The topological polar surface area (TPSA) is 114 Å². The maximum atomic E-state index is 12.7. The number of aliphatic hydroxyl groups excluding tert-OH is 1. The third-order valence-electron chi connectivity index (χ3n) is 10.2. The van der Waals surface area contributed by atoms with Gasteiger partial charge < -0.3 is 33.0 Å². The molecule has 0 fully saturated rings. The summed E-state index contributed by atoms with van der Waals surface area (Å²) < 4.78 is 34.6. The Kier molecular flexibility index (Phi) is 37.6. The Labute approximate surface area is 334 Å².